The molecular formula is C58H104NO8P. The molecule has 394 valence electrons. The van der Waals surface area contributed by atoms with Crippen LogP contribution in [0.2, 0.25) is 0 Å². The van der Waals surface area contributed by atoms with Crippen LogP contribution in [0.4, 0.5) is 0 Å². The van der Waals surface area contributed by atoms with Crippen molar-refractivity contribution >= 4 is 19.8 Å². The first-order chi connectivity index (χ1) is 33.3. The molecule has 0 aromatic carbocycles. The number of nitrogens with two attached hydrogens (primary N) is 1. The highest BCUT2D eigenvalue weighted by molar-refractivity contribution is 7.47. The van der Waals surface area contributed by atoms with Gasteiger partial charge in [-0.25, -0.2) is 4.57 Å². The second kappa shape index (κ2) is 53.8. The van der Waals surface area contributed by atoms with E-state index in [0.717, 1.165) is 57.8 Å². The molecule has 0 heterocycles. The molecule has 0 saturated carbocycles. The largest absolute Gasteiger partial charge is 0.472 e. The fourth-order valence-corrected chi connectivity index (χ4v) is 8.55. The van der Waals surface area contributed by atoms with Crippen LogP contribution in [0.15, 0.2) is 72.9 Å². The first kappa shape index (κ1) is 65.5. The molecule has 0 bridgehead atoms. The van der Waals surface area contributed by atoms with Gasteiger partial charge < -0.3 is 20.1 Å². The lowest BCUT2D eigenvalue weighted by Crippen LogP contribution is -2.29. The van der Waals surface area contributed by atoms with E-state index in [1.165, 1.54) is 161 Å². The molecule has 0 saturated heterocycles. The molecule has 0 aromatic heterocycles. The number of carbonyl (C=O) groups is 2. The van der Waals surface area contributed by atoms with Crippen LogP contribution < -0.4 is 5.73 Å². The summed E-state index contributed by atoms with van der Waals surface area (Å²) in [5, 5.41) is 0. The maximum atomic E-state index is 12.6. The van der Waals surface area contributed by atoms with Crippen LogP contribution >= 0.6 is 7.82 Å². The fourth-order valence-electron chi connectivity index (χ4n) is 7.78. The first-order valence-corrected chi connectivity index (χ1v) is 29.4. The molecule has 0 aliphatic heterocycles. The summed E-state index contributed by atoms with van der Waals surface area (Å²) in [4.78, 5) is 35.1. The van der Waals surface area contributed by atoms with Crippen molar-refractivity contribution in [2.24, 2.45) is 5.73 Å². The maximum Gasteiger partial charge on any atom is 0.472 e. The number of allylic oxidation sites excluding steroid dienone is 12. The third kappa shape index (κ3) is 52.8. The molecule has 0 spiro atoms. The van der Waals surface area contributed by atoms with E-state index in [1.807, 2.05) is 12.2 Å². The molecule has 0 aliphatic rings. The average molecular weight is 974 g/mol. The number of hydrogen-bond donors (Lipinski definition) is 2. The van der Waals surface area contributed by atoms with E-state index in [4.69, 9.17) is 24.3 Å². The molecule has 0 aromatic rings. The van der Waals surface area contributed by atoms with E-state index in [2.05, 4.69) is 74.6 Å². The van der Waals surface area contributed by atoms with Gasteiger partial charge in [0.15, 0.2) is 6.10 Å². The SMILES string of the molecule is CC/C=C\C/C=C\C/C=C\C/C=C\C/C=C\C/C=C\CCC(=O)OC(COC(=O)CCCCCCCCCCCCCCCCCCCCCCCCCCCCCC)COP(=O)(O)OCCN. The fraction of sp³-hybridized carbons (Fsp3) is 0.759. The van der Waals surface area contributed by atoms with Crippen molar-refractivity contribution in [3.63, 3.8) is 0 Å². The summed E-state index contributed by atoms with van der Waals surface area (Å²) >= 11 is 0. The zero-order valence-corrected chi connectivity index (χ0v) is 44.7. The van der Waals surface area contributed by atoms with Gasteiger partial charge in [0.1, 0.15) is 6.61 Å². The Balaban J connectivity index is 4.01. The van der Waals surface area contributed by atoms with Crippen LogP contribution in [0.3, 0.4) is 0 Å². The number of phosphoric ester groups is 1. The van der Waals surface area contributed by atoms with Crippen molar-refractivity contribution in [3.8, 4) is 0 Å². The maximum absolute atomic E-state index is 12.6. The topological polar surface area (TPSA) is 134 Å². The van der Waals surface area contributed by atoms with E-state index < -0.39 is 32.5 Å². The van der Waals surface area contributed by atoms with Crippen molar-refractivity contribution in [1.29, 1.82) is 0 Å². The second-order valence-corrected chi connectivity index (χ2v) is 19.9. The summed E-state index contributed by atoms with van der Waals surface area (Å²) in [6.07, 6.45) is 68.4. The van der Waals surface area contributed by atoms with Crippen molar-refractivity contribution in [2.45, 2.75) is 258 Å². The van der Waals surface area contributed by atoms with E-state index in [-0.39, 0.29) is 32.6 Å². The van der Waals surface area contributed by atoms with Crippen LogP contribution in [-0.4, -0.2) is 49.3 Å². The van der Waals surface area contributed by atoms with Gasteiger partial charge in [-0.1, -0.05) is 260 Å². The highest BCUT2D eigenvalue weighted by Crippen LogP contribution is 2.43. The van der Waals surface area contributed by atoms with Gasteiger partial charge in [-0.3, -0.25) is 18.6 Å². The molecule has 68 heavy (non-hydrogen) atoms. The molecule has 9 nitrogen and oxygen atoms in total. The number of phosphoric acid groups is 1. The zero-order valence-electron chi connectivity index (χ0n) is 43.8. The van der Waals surface area contributed by atoms with E-state index in [9.17, 15) is 19.0 Å². The summed E-state index contributed by atoms with van der Waals surface area (Å²) in [7, 11) is -4.41. The molecule has 0 fully saturated rings. The predicted molar refractivity (Wildman–Crippen MR) is 289 cm³/mol. The second-order valence-electron chi connectivity index (χ2n) is 18.4. The van der Waals surface area contributed by atoms with E-state index >= 15 is 0 Å². The molecule has 0 amide bonds. The van der Waals surface area contributed by atoms with Crippen molar-refractivity contribution in [1.82, 2.24) is 0 Å². The average Bonchev–Trinajstić information content (AvgIpc) is 3.33. The Morgan fingerprint density at radius 1 is 0.456 bits per heavy atom. The summed E-state index contributed by atoms with van der Waals surface area (Å²) < 4.78 is 32.9. The molecule has 3 N–H and O–H groups in total. The van der Waals surface area contributed by atoms with Gasteiger partial charge in [-0.2, -0.15) is 0 Å². The Hall–Kier alpha value is -2.55. The Bertz CT molecular complexity index is 1340. The van der Waals surface area contributed by atoms with Crippen LogP contribution in [0.5, 0.6) is 0 Å². The third-order valence-corrected chi connectivity index (χ3v) is 12.9. The molecule has 2 atom stereocenters. The number of carbonyl (C=O) groups excluding carboxylic acids is 2. The normalized spacial score (nSPS) is 13.6. The third-order valence-electron chi connectivity index (χ3n) is 11.9. The molecule has 2 unspecified atom stereocenters. The minimum absolute atomic E-state index is 0.0399. The van der Waals surface area contributed by atoms with Gasteiger partial charge in [-0.05, 0) is 51.4 Å². The number of ether oxygens (including phenoxy) is 2. The Morgan fingerprint density at radius 3 is 1.18 bits per heavy atom. The molecule has 0 aliphatic carbocycles. The van der Waals surface area contributed by atoms with Crippen molar-refractivity contribution in [3.05, 3.63) is 72.9 Å². The van der Waals surface area contributed by atoms with Gasteiger partial charge in [0.2, 0.25) is 0 Å². The highest BCUT2D eigenvalue weighted by Gasteiger charge is 2.26. The van der Waals surface area contributed by atoms with Crippen LogP contribution in [0.1, 0.15) is 251 Å². The number of hydrogen-bond acceptors (Lipinski definition) is 8. The van der Waals surface area contributed by atoms with E-state index in [1.54, 1.807) is 0 Å². The standard InChI is InChI=1S/C58H104NO8P/c1-3-5-7-9-11-13-15-17-19-21-23-24-25-26-27-28-29-30-31-33-34-36-38-40-42-44-46-48-50-57(60)64-54-56(55-66-68(62,63)65-53-52-59)67-58(61)51-49-47-45-43-41-39-37-35-32-22-20-18-16-14-12-10-8-6-4-2/h6,8,12,14,18,20,32,35,39,41,45,47,56H,3-5,7,9-11,13,15-17,19,21-31,33-34,36-38,40,42-44,46,48-55,59H2,1-2H3,(H,62,63)/b8-6-,14-12-,20-18-,35-32-,41-39-,47-45-. The lowest BCUT2D eigenvalue weighted by Gasteiger charge is -2.19. The monoisotopic (exact) mass is 974 g/mol. The smallest absolute Gasteiger partial charge is 0.462 e. The van der Waals surface area contributed by atoms with Crippen LogP contribution in [0.25, 0.3) is 0 Å². The Labute approximate surface area is 418 Å². The van der Waals surface area contributed by atoms with Gasteiger partial charge in [0.25, 0.3) is 0 Å². The van der Waals surface area contributed by atoms with Gasteiger partial charge >= 0.3 is 19.8 Å². The lowest BCUT2D eigenvalue weighted by molar-refractivity contribution is -0.161. The first-order valence-electron chi connectivity index (χ1n) is 27.9. The summed E-state index contributed by atoms with van der Waals surface area (Å²) in [5.74, 6) is -0.920. The molecular weight excluding hydrogens is 870 g/mol. The van der Waals surface area contributed by atoms with Gasteiger partial charge in [0, 0.05) is 19.4 Å². The molecule has 10 heteroatoms. The predicted octanol–water partition coefficient (Wildman–Crippen LogP) is 17.3. The van der Waals surface area contributed by atoms with Crippen LogP contribution in [0, 0.1) is 0 Å². The Morgan fingerprint density at radius 2 is 0.809 bits per heavy atom. The van der Waals surface area contributed by atoms with Gasteiger partial charge in [0.05, 0.1) is 13.2 Å². The molecule has 0 radical (unpaired) electrons. The van der Waals surface area contributed by atoms with Crippen molar-refractivity contribution < 1.29 is 37.6 Å². The van der Waals surface area contributed by atoms with Crippen LogP contribution in [-0.2, 0) is 32.7 Å². The summed E-state index contributed by atoms with van der Waals surface area (Å²) in [6.45, 7) is 3.57. The Kier molecular flexibility index (Phi) is 51.8. The van der Waals surface area contributed by atoms with Gasteiger partial charge in [-0.15, -0.1) is 0 Å². The number of esters is 2. The molecule has 0 rings (SSSR count). The summed E-state index contributed by atoms with van der Waals surface area (Å²) in [6, 6.07) is 0. The minimum Gasteiger partial charge on any atom is -0.462 e. The minimum atomic E-state index is -4.41. The van der Waals surface area contributed by atoms with Crippen molar-refractivity contribution in [2.75, 3.05) is 26.4 Å². The quantitative estimate of drug-likeness (QED) is 0.0264. The zero-order chi connectivity index (χ0) is 49.5. The highest BCUT2D eigenvalue weighted by atomic mass is 31.2. The van der Waals surface area contributed by atoms with E-state index in [0.29, 0.717) is 6.42 Å². The summed E-state index contributed by atoms with van der Waals surface area (Å²) in [5.41, 5.74) is 5.37. The number of rotatable bonds is 52. The lowest BCUT2D eigenvalue weighted by atomic mass is 10.0. The number of unbranched alkanes of at least 4 members (excludes halogenated alkanes) is 27.